The average molecular weight is 185 g/mol. The lowest BCUT2D eigenvalue weighted by Crippen LogP contribution is -1.92. The van der Waals surface area contributed by atoms with Crippen molar-refractivity contribution >= 4 is 0 Å². The van der Waals surface area contributed by atoms with Crippen LogP contribution in [0.25, 0.3) is 11.3 Å². The average Bonchev–Trinajstić information content (AvgIpc) is 2.30. The third-order valence-corrected chi connectivity index (χ3v) is 1.90. The Bertz CT molecular complexity index is 415. The van der Waals surface area contributed by atoms with Crippen molar-refractivity contribution in [2.24, 2.45) is 0 Å². The molecule has 0 fully saturated rings. The van der Waals surface area contributed by atoms with Gasteiger partial charge in [0.1, 0.15) is 5.69 Å². The molecule has 0 bridgehead atoms. The van der Waals surface area contributed by atoms with Crippen molar-refractivity contribution in [3.63, 3.8) is 0 Å². The number of hydrogen-bond acceptors (Lipinski definition) is 3. The smallest absolute Gasteiger partial charge is 0.198 e. The molecule has 3 nitrogen and oxygen atoms in total. The fraction of sp³-hybridized carbons (Fsp3) is 0.0909. The van der Waals surface area contributed by atoms with Crippen LogP contribution in [-0.4, -0.2) is 17.1 Å². The summed E-state index contributed by atoms with van der Waals surface area (Å²) in [5.41, 5.74) is 1.77. The first-order valence-corrected chi connectivity index (χ1v) is 4.24. The van der Waals surface area contributed by atoms with Crippen molar-refractivity contribution in [3.05, 3.63) is 42.9 Å². The largest absolute Gasteiger partial charge is 0.493 e. The van der Waals surface area contributed by atoms with Gasteiger partial charge in [0.25, 0.3) is 0 Å². The van der Waals surface area contributed by atoms with Crippen LogP contribution in [0.4, 0.5) is 0 Å². The summed E-state index contributed by atoms with van der Waals surface area (Å²) in [5, 5.41) is 0. The lowest BCUT2D eigenvalue weighted by atomic mass is 10.1. The Kier molecular flexibility index (Phi) is 2.40. The second-order valence-electron chi connectivity index (χ2n) is 2.75. The Labute approximate surface area is 82.4 Å². The van der Waals surface area contributed by atoms with E-state index in [0.29, 0.717) is 5.75 Å². The van der Waals surface area contributed by atoms with Crippen LogP contribution in [-0.2, 0) is 0 Å². The molecule has 2 rings (SSSR count). The van der Waals surface area contributed by atoms with E-state index in [1.54, 1.807) is 13.3 Å². The molecule has 0 saturated carbocycles. The van der Waals surface area contributed by atoms with Crippen LogP contribution in [0.1, 0.15) is 0 Å². The number of rotatable bonds is 2. The molecule has 0 aliphatic heterocycles. The monoisotopic (exact) mass is 185 g/mol. The van der Waals surface area contributed by atoms with Crippen LogP contribution < -0.4 is 4.74 Å². The lowest BCUT2D eigenvalue weighted by molar-refractivity contribution is 0.412. The van der Waals surface area contributed by atoms with Gasteiger partial charge in [-0.15, -0.1) is 0 Å². The van der Waals surface area contributed by atoms with Crippen LogP contribution in [0.15, 0.2) is 36.5 Å². The number of aromatic nitrogens is 2. The molecule has 0 N–H and O–H groups in total. The second kappa shape index (κ2) is 3.87. The van der Waals surface area contributed by atoms with E-state index in [1.807, 2.05) is 30.3 Å². The summed E-state index contributed by atoms with van der Waals surface area (Å²) >= 11 is 0. The molecule has 0 spiro atoms. The summed E-state index contributed by atoms with van der Waals surface area (Å²) in [6.07, 6.45) is 4.16. The molecule has 1 heterocycles. The molecule has 1 aromatic carbocycles. The van der Waals surface area contributed by atoms with E-state index < -0.39 is 0 Å². The highest BCUT2D eigenvalue weighted by molar-refractivity contribution is 5.64. The number of nitrogens with zero attached hydrogens (tertiary/aromatic N) is 2. The maximum atomic E-state index is 5.15. The highest BCUT2D eigenvalue weighted by Crippen LogP contribution is 2.25. The van der Waals surface area contributed by atoms with E-state index in [2.05, 4.69) is 16.3 Å². The summed E-state index contributed by atoms with van der Waals surface area (Å²) in [6, 6.07) is 9.81. The van der Waals surface area contributed by atoms with E-state index in [-0.39, 0.29) is 0 Å². The van der Waals surface area contributed by atoms with Gasteiger partial charge >= 0.3 is 0 Å². The first-order chi connectivity index (χ1) is 6.92. The van der Waals surface area contributed by atoms with Crippen molar-refractivity contribution in [2.45, 2.75) is 0 Å². The molecule has 14 heavy (non-hydrogen) atoms. The van der Waals surface area contributed by atoms with Crippen molar-refractivity contribution in [1.29, 1.82) is 0 Å². The molecule has 0 aliphatic rings. The number of methoxy groups -OCH3 is 1. The van der Waals surface area contributed by atoms with Gasteiger partial charge in [-0.3, -0.25) is 0 Å². The molecule has 0 unspecified atom stereocenters. The third-order valence-electron chi connectivity index (χ3n) is 1.90. The first kappa shape index (κ1) is 8.69. The van der Waals surface area contributed by atoms with E-state index in [1.165, 1.54) is 0 Å². The van der Waals surface area contributed by atoms with Gasteiger partial charge in [0.15, 0.2) is 12.1 Å². The Morgan fingerprint density at radius 2 is 2.00 bits per heavy atom. The van der Waals surface area contributed by atoms with E-state index in [4.69, 9.17) is 4.74 Å². The Balaban J connectivity index is 2.51. The molecule has 0 aliphatic carbocycles. The molecule has 1 radical (unpaired) electrons. The zero-order chi connectivity index (χ0) is 9.80. The summed E-state index contributed by atoms with van der Waals surface area (Å²) in [7, 11) is 1.60. The summed E-state index contributed by atoms with van der Waals surface area (Å²) in [4.78, 5) is 7.84. The van der Waals surface area contributed by atoms with Crippen LogP contribution in [0.3, 0.4) is 0 Å². The Morgan fingerprint density at radius 3 is 2.71 bits per heavy atom. The maximum absolute atomic E-state index is 5.15. The topological polar surface area (TPSA) is 35.0 Å². The first-order valence-electron chi connectivity index (χ1n) is 4.24. The van der Waals surface area contributed by atoms with Gasteiger partial charge in [0.05, 0.1) is 13.3 Å². The number of ether oxygens (including phenoxy) is 1. The quantitative estimate of drug-likeness (QED) is 0.717. The van der Waals surface area contributed by atoms with Gasteiger partial charge in [0, 0.05) is 5.56 Å². The minimum absolute atomic E-state index is 0.662. The molecule has 1 aromatic heterocycles. The zero-order valence-corrected chi connectivity index (χ0v) is 7.77. The minimum atomic E-state index is 0.662. The van der Waals surface area contributed by atoms with Gasteiger partial charge in [-0.25, -0.2) is 9.97 Å². The number of benzene rings is 1. The molecule has 69 valence electrons. The van der Waals surface area contributed by atoms with Crippen molar-refractivity contribution in [1.82, 2.24) is 9.97 Å². The molecule has 0 amide bonds. The molecule has 2 aromatic rings. The highest BCUT2D eigenvalue weighted by atomic mass is 16.5. The van der Waals surface area contributed by atoms with Crippen LogP contribution >= 0.6 is 0 Å². The maximum Gasteiger partial charge on any atom is 0.198 e. The molecular weight excluding hydrogens is 176 g/mol. The normalized spacial score (nSPS) is 9.79. The third kappa shape index (κ3) is 1.57. The molecule has 0 saturated heterocycles. The standard InChI is InChI=1S/C11H9N2O/c1-14-10-7-12-8-13-11(10)9-5-3-2-4-6-9/h2-7H,1H3. The van der Waals surface area contributed by atoms with Gasteiger partial charge < -0.3 is 4.74 Å². The summed E-state index contributed by atoms with van der Waals surface area (Å²) in [5.74, 6) is 0.662. The molecule has 0 atom stereocenters. The summed E-state index contributed by atoms with van der Waals surface area (Å²) in [6.45, 7) is 0. The van der Waals surface area contributed by atoms with E-state index in [0.717, 1.165) is 11.3 Å². The Hall–Kier alpha value is -1.90. The molecule has 3 heteroatoms. The van der Waals surface area contributed by atoms with Gasteiger partial charge in [-0.1, -0.05) is 30.3 Å². The SMILES string of the molecule is COc1cn[c]nc1-c1ccccc1. The van der Waals surface area contributed by atoms with Crippen LogP contribution in [0.5, 0.6) is 5.75 Å². The van der Waals surface area contributed by atoms with E-state index >= 15 is 0 Å². The van der Waals surface area contributed by atoms with Crippen LogP contribution in [0.2, 0.25) is 0 Å². The fourth-order valence-electron chi connectivity index (χ4n) is 1.23. The van der Waals surface area contributed by atoms with Crippen molar-refractivity contribution in [3.8, 4) is 17.0 Å². The predicted octanol–water partition coefficient (Wildman–Crippen LogP) is 1.95. The van der Waals surface area contributed by atoms with E-state index in [9.17, 15) is 0 Å². The molecular formula is C11H9N2O. The zero-order valence-electron chi connectivity index (χ0n) is 7.77. The van der Waals surface area contributed by atoms with Gasteiger partial charge in [-0.2, -0.15) is 0 Å². The summed E-state index contributed by atoms with van der Waals surface area (Å²) < 4.78 is 5.15. The predicted molar refractivity (Wildman–Crippen MR) is 52.9 cm³/mol. The van der Waals surface area contributed by atoms with Crippen molar-refractivity contribution < 1.29 is 4.74 Å². The van der Waals surface area contributed by atoms with Crippen LogP contribution in [0, 0.1) is 6.33 Å². The minimum Gasteiger partial charge on any atom is -0.493 e. The van der Waals surface area contributed by atoms with Gasteiger partial charge in [-0.05, 0) is 0 Å². The fourth-order valence-corrected chi connectivity index (χ4v) is 1.23. The second-order valence-corrected chi connectivity index (χ2v) is 2.75. The van der Waals surface area contributed by atoms with Crippen molar-refractivity contribution in [2.75, 3.05) is 7.11 Å². The van der Waals surface area contributed by atoms with Gasteiger partial charge in [0.2, 0.25) is 0 Å². The highest BCUT2D eigenvalue weighted by Gasteiger charge is 2.05. The lowest BCUT2D eigenvalue weighted by Gasteiger charge is -2.04. The Morgan fingerprint density at radius 1 is 1.21 bits per heavy atom. The number of hydrogen-bond donors (Lipinski definition) is 0.